The van der Waals surface area contributed by atoms with E-state index in [-0.39, 0.29) is 11.6 Å². The molecule has 11 heteroatoms. The van der Waals surface area contributed by atoms with Crippen molar-refractivity contribution in [2.75, 3.05) is 0 Å². The van der Waals surface area contributed by atoms with Crippen LogP contribution in [0.5, 0.6) is 0 Å². The fourth-order valence-corrected chi connectivity index (χ4v) is 3.30. The second kappa shape index (κ2) is 6.93. The van der Waals surface area contributed by atoms with Gasteiger partial charge in [-0.25, -0.2) is 8.78 Å². The molecule has 0 N–H and O–H groups in total. The molecule has 0 aliphatic heterocycles. The molecule has 0 saturated carbocycles. The monoisotopic (exact) mass is 481 g/mol. The summed E-state index contributed by atoms with van der Waals surface area (Å²) in [6.45, 7) is 1.03. The summed E-state index contributed by atoms with van der Waals surface area (Å²) in [4.78, 5) is 0. The zero-order valence-corrected chi connectivity index (χ0v) is 15.1. The number of alkyl halides is 9. The van der Waals surface area contributed by atoms with E-state index in [1.807, 2.05) is 0 Å². The Morgan fingerprint density at radius 3 is 1.75 bits per heavy atom. The molecule has 28 heavy (non-hydrogen) atoms. The Morgan fingerprint density at radius 1 is 0.821 bits per heavy atom. The lowest BCUT2D eigenvalue weighted by atomic mass is 9.82. The first kappa shape index (κ1) is 22.5. The molecular weight excluding hydrogens is 474 g/mol. The van der Waals surface area contributed by atoms with Gasteiger partial charge >= 0.3 is 23.9 Å². The van der Waals surface area contributed by atoms with Crippen molar-refractivity contribution in [3.8, 4) is 11.1 Å². The van der Waals surface area contributed by atoms with E-state index in [2.05, 4.69) is 22.0 Å². The Balaban J connectivity index is 2.98. The Labute approximate surface area is 160 Å². The molecule has 0 aliphatic carbocycles. The molecule has 1 atom stereocenters. The summed E-state index contributed by atoms with van der Waals surface area (Å²) in [5, 5.41) is 0. The van der Waals surface area contributed by atoms with E-state index in [0.717, 1.165) is 31.2 Å². The zero-order chi connectivity index (χ0) is 21.7. The fourth-order valence-electron chi connectivity index (χ4n) is 2.54. The van der Waals surface area contributed by atoms with Crippen LogP contribution in [-0.4, -0.2) is 18.3 Å². The van der Waals surface area contributed by atoms with Crippen LogP contribution in [0, 0.1) is 18.8 Å². The molecule has 0 aliphatic rings. The molecule has 0 bridgehead atoms. The summed E-state index contributed by atoms with van der Waals surface area (Å²) < 4.78 is 134. The molecule has 0 spiro atoms. The number of rotatable bonds is 3. The van der Waals surface area contributed by atoms with Crippen molar-refractivity contribution >= 4 is 15.9 Å². The third-order valence-corrected chi connectivity index (χ3v) is 4.43. The van der Waals surface area contributed by atoms with Crippen LogP contribution >= 0.6 is 15.9 Å². The Bertz CT molecular complexity index is 867. The van der Waals surface area contributed by atoms with Crippen LogP contribution in [0.2, 0.25) is 0 Å². The first-order valence-corrected chi connectivity index (χ1v) is 8.02. The summed E-state index contributed by atoms with van der Waals surface area (Å²) >= 11 is 2.72. The summed E-state index contributed by atoms with van der Waals surface area (Å²) in [6.07, 6.45) is -13.5. The highest BCUT2D eigenvalue weighted by Crippen LogP contribution is 2.60. The molecule has 0 amide bonds. The van der Waals surface area contributed by atoms with Gasteiger partial charge in [-0.3, -0.25) is 0 Å². The van der Waals surface area contributed by atoms with E-state index in [0.29, 0.717) is 0 Å². The molecule has 2 rings (SSSR count). The van der Waals surface area contributed by atoms with Crippen molar-refractivity contribution in [3.63, 3.8) is 0 Å². The molecular formula is C17H8BrF10. The molecule has 2 aromatic carbocycles. The molecule has 0 fully saturated rings. The standard InChI is InChI=1S/C17H8BrF10/c1-8-6-11(13(12(18)7-8)9-2-4-10(19)5-3-9)14(20,16(23,24)25)15(21,22)17(26,27)28/h2-6H,1H3. The maximum atomic E-state index is 15.0. The third kappa shape index (κ3) is 3.48. The van der Waals surface area contributed by atoms with Crippen molar-refractivity contribution in [1.82, 2.24) is 0 Å². The lowest BCUT2D eigenvalue weighted by Gasteiger charge is -2.37. The number of hydrogen-bond acceptors (Lipinski definition) is 0. The quantitative estimate of drug-likeness (QED) is 0.404. The Kier molecular flexibility index (Phi) is 5.57. The number of aryl methyl sites for hydroxylation is 1. The van der Waals surface area contributed by atoms with Gasteiger partial charge in [-0.2, -0.15) is 35.1 Å². The Hall–Kier alpha value is -1.78. The molecule has 153 valence electrons. The number of hydrogen-bond donors (Lipinski definition) is 0. The molecule has 0 aromatic heterocycles. The van der Waals surface area contributed by atoms with Crippen LogP contribution in [0.25, 0.3) is 11.1 Å². The van der Waals surface area contributed by atoms with E-state index in [1.54, 1.807) is 0 Å². The first-order chi connectivity index (χ1) is 12.5. The minimum absolute atomic E-state index is 0.205. The average Bonchev–Trinajstić information content (AvgIpc) is 2.52. The van der Waals surface area contributed by atoms with Crippen molar-refractivity contribution < 1.29 is 43.9 Å². The van der Waals surface area contributed by atoms with Gasteiger partial charge in [-0.1, -0.05) is 18.2 Å². The maximum Gasteiger partial charge on any atom is 0.457 e. The van der Waals surface area contributed by atoms with Gasteiger partial charge in [-0.15, -0.1) is 0 Å². The van der Waals surface area contributed by atoms with Crippen molar-refractivity contribution in [2.24, 2.45) is 0 Å². The van der Waals surface area contributed by atoms with Crippen LogP contribution in [-0.2, 0) is 5.67 Å². The first-order valence-electron chi connectivity index (χ1n) is 7.23. The van der Waals surface area contributed by atoms with Crippen molar-refractivity contribution in [2.45, 2.75) is 30.9 Å². The van der Waals surface area contributed by atoms with E-state index < -0.39 is 50.9 Å². The summed E-state index contributed by atoms with van der Waals surface area (Å²) in [7, 11) is 0. The highest BCUT2D eigenvalue weighted by molar-refractivity contribution is 9.10. The largest absolute Gasteiger partial charge is 0.457 e. The van der Waals surface area contributed by atoms with E-state index >= 15 is 0 Å². The molecule has 2 aromatic rings. The lowest BCUT2D eigenvalue weighted by molar-refractivity contribution is -0.389. The average molecular weight is 482 g/mol. The predicted octanol–water partition coefficient (Wildman–Crippen LogP) is 7.29. The smallest absolute Gasteiger partial charge is 0.221 e. The van der Waals surface area contributed by atoms with Gasteiger partial charge < -0.3 is 0 Å². The van der Waals surface area contributed by atoms with Crippen LogP contribution in [0.1, 0.15) is 11.1 Å². The van der Waals surface area contributed by atoms with Gasteiger partial charge in [0.05, 0.1) is 0 Å². The van der Waals surface area contributed by atoms with Crippen LogP contribution < -0.4 is 0 Å². The normalized spacial score (nSPS) is 15.4. The molecule has 0 nitrogen and oxygen atoms in total. The van der Waals surface area contributed by atoms with Crippen molar-refractivity contribution in [1.29, 1.82) is 0 Å². The van der Waals surface area contributed by atoms with Crippen molar-refractivity contribution in [3.05, 3.63) is 57.8 Å². The highest BCUT2D eigenvalue weighted by atomic mass is 79.9. The predicted molar refractivity (Wildman–Crippen MR) is 83.0 cm³/mol. The summed E-state index contributed by atoms with van der Waals surface area (Å²) in [5.74, 6) is -7.68. The van der Waals surface area contributed by atoms with E-state index in [1.165, 1.54) is 0 Å². The summed E-state index contributed by atoms with van der Waals surface area (Å²) in [6, 6.07) is 5.64. The second-order valence-corrected chi connectivity index (χ2v) is 6.58. The number of benzene rings is 2. The third-order valence-electron chi connectivity index (χ3n) is 3.84. The van der Waals surface area contributed by atoms with E-state index in [9.17, 15) is 43.9 Å². The van der Waals surface area contributed by atoms with Gasteiger partial charge in [0.25, 0.3) is 0 Å². The van der Waals surface area contributed by atoms with E-state index in [4.69, 9.17) is 0 Å². The Morgan fingerprint density at radius 2 is 1.32 bits per heavy atom. The summed E-state index contributed by atoms with van der Waals surface area (Å²) in [5.41, 5.74) is -9.82. The fraction of sp³-hybridized carbons (Fsp3) is 0.294. The molecule has 0 heterocycles. The topological polar surface area (TPSA) is 0 Å². The van der Waals surface area contributed by atoms with Gasteiger partial charge in [0.15, 0.2) is 0 Å². The van der Waals surface area contributed by atoms with Gasteiger partial charge in [0, 0.05) is 21.7 Å². The second-order valence-electron chi connectivity index (χ2n) is 5.79. The number of halogens is 11. The minimum atomic E-state index is -6.85. The van der Waals surface area contributed by atoms with Gasteiger partial charge in [0.1, 0.15) is 5.82 Å². The van der Waals surface area contributed by atoms with Gasteiger partial charge in [0.2, 0.25) is 0 Å². The molecule has 1 unspecified atom stereocenters. The van der Waals surface area contributed by atoms with Gasteiger partial charge in [-0.05, 0) is 46.1 Å². The lowest BCUT2D eigenvalue weighted by Crippen LogP contribution is -2.60. The SMILES string of the molecule is Cc1[c]c(Br)c(-c2ccc(F)cc2)c(C(F)(C(F)(F)F)C(F)(F)C(F)(F)F)c1. The minimum Gasteiger partial charge on any atom is -0.221 e. The molecule has 0 saturated heterocycles. The van der Waals surface area contributed by atoms with Crippen LogP contribution in [0.3, 0.4) is 0 Å². The zero-order valence-electron chi connectivity index (χ0n) is 13.5. The molecule has 1 radical (unpaired) electrons. The van der Waals surface area contributed by atoms with Crippen LogP contribution in [0.4, 0.5) is 43.9 Å². The highest BCUT2D eigenvalue weighted by Gasteiger charge is 2.82. The van der Waals surface area contributed by atoms with Crippen LogP contribution in [0.15, 0.2) is 34.8 Å². The maximum absolute atomic E-state index is 15.0.